The molecule has 0 unspecified atom stereocenters. The molecule has 43 heavy (non-hydrogen) atoms. The molecule has 6 rings (SSSR count). The highest BCUT2D eigenvalue weighted by molar-refractivity contribution is 5.96. The van der Waals surface area contributed by atoms with E-state index in [-0.39, 0.29) is 0 Å². The third-order valence-electron chi connectivity index (χ3n) is 9.25. The van der Waals surface area contributed by atoms with E-state index in [0.29, 0.717) is 0 Å². The molecule has 0 fully saturated rings. The van der Waals surface area contributed by atoms with Gasteiger partial charge in [0.1, 0.15) is 0 Å². The molecule has 0 N–H and O–H groups in total. The molecule has 0 saturated carbocycles. The van der Waals surface area contributed by atoms with Crippen LogP contribution in [-0.2, 0) is 25.7 Å². The molecule has 4 aromatic rings. The van der Waals surface area contributed by atoms with Crippen molar-refractivity contribution in [2.45, 2.75) is 85.5 Å². The Morgan fingerprint density at radius 3 is 1.67 bits per heavy atom. The Morgan fingerprint density at radius 1 is 0.558 bits per heavy atom. The lowest BCUT2D eigenvalue weighted by atomic mass is 9.78. The van der Waals surface area contributed by atoms with Gasteiger partial charge < -0.3 is 0 Å². The molecule has 0 aliphatic heterocycles. The largest absolute Gasteiger partial charge is 0.0801 e. The number of fused-ring (bicyclic) bond motifs is 3. The predicted octanol–water partition coefficient (Wildman–Crippen LogP) is 9.90. The second-order valence-corrected chi connectivity index (χ2v) is 12.2. The molecule has 2 aliphatic carbocycles. The molecule has 0 heteroatoms. The van der Waals surface area contributed by atoms with Gasteiger partial charge in [-0.15, -0.1) is 0 Å². The lowest BCUT2D eigenvalue weighted by molar-refractivity contribution is 0.823. The quantitative estimate of drug-likeness (QED) is 0.150. The average Bonchev–Trinajstić information content (AvgIpc) is 3.70. The molecule has 218 valence electrons. The molecule has 0 bridgehead atoms. The summed E-state index contributed by atoms with van der Waals surface area (Å²) in [7, 11) is 0. The van der Waals surface area contributed by atoms with Crippen LogP contribution in [0.5, 0.6) is 0 Å². The third-order valence-corrected chi connectivity index (χ3v) is 9.25. The lowest BCUT2D eigenvalue weighted by Gasteiger charge is -2.26. The molecule has 0 spiro atoms. The van der Waals surface area contributed by atoms with Crippen LogP contribution in [0.25, 0.3) is 28.3 Å². The van der Waals surface area contributed by atoms with Gasteiger partial charge in [0.15, 0.2) is 0 Å². The van der Waals surface area contributed by atoms with E-state index in [1.54, 1.807) is 27.8 Å². The molecule has 0 aromatic heterocycles. The first-order valence-electron chi connectivity index (χ1n) is 16.8. The minimum absolute atomic E-state index is 1.04. The fourth-order valence-electron chi connectivity index (χ4n) is 7.64. The van der Waals surface area contributed by atoms with Gasteiger partial charge >= 0.3 is 0 Å². The molecule has 0 amide bonds. The van der Waals surface area contributed by atoms with Crippen LogP contribution in [0.15, 0.2) is 91.0 Å². The molecule has 0 nitrogen and oxygen atoms in total. The van der Waals surface area contributed by atoms with E-state index in [2.05, 4.69) is 125 Å². The van der Waals surface area contributed by atoms with Crippen molar-refractivity contribution in [2.75, 3.05) is 0 Å². The van der Waals surface area contributed by atoms with Gasteiger partial charge in [-0.05, 0) is 115 Å². The van der Waals surface area contributed by atoms with Crippen LogP contribution in [0.1, 0.15) is 104 Å². The SMILES string of the molecule is CCCc1c(CCC)c(C2=CC=CC2)c2c(c1CCC)-c1c(CCC)c(=C(c3ccccc3)c3ccccc3)ccc1=C2. The zero-order valence-electron chi connectivity index (χ0n) is 26.6. The summed E-state index contributed by atoms with van der Waals surface area (Å²) in [5.41, 5.74) is 17.9. The first-order chi connectivity index (χ1) is 21.2. The Kier molecular flexibility index (Phi) is 8.94. The standard InChI is InChI=1S/C43H46/c1-5-17-34-35(18-6-2)41(32-25-15-16-26-32)39-29-33-27-28-38(37(20-8-4)42(33)43(39)36(34)19-7-3)40(30-21-11-9-12-22-30)31-23-13-10-14-24-31/h9-16,21-25,27-29H,5-8,17-20,26H2,1-4H3. The van der Waals surface area contributed by atoms with Crippen molar-refractivity contribution in [3.8, 4) is 11.1 Å². The van der Waals surface area contributed by atoms with Crippen LogP contribution in [-0.4, -0.2) is 0 Å². The number of hydrogen-bond donors (Lipinski definition) is 0. The van der Waals surface area contributed by atoms with Crippen LogP contribution < -0.4 is 10.4 Å². The predicted molar refractivity (Wildman–Crippen MR) is 187 cm³/mol. The van der Waals surface area contributed by atoms with E-state index in [1.165, 1.54) is 68.7 Å². The fraction of sp³-hybridized carbons (Fsp3) is 0.302. The zero-order chi connectivity index (χ0) is 29.8. The van der Waals surface area contributed by atoms with Crippen LogP contribution in [0, 0.1) is 0 Å². The molecular formula is C43H46. The molecular weight excluding hydrogens is 516 g/mol. The summed E-state index contributed by atoms with van der Waals surface area (Å²) in [6.07, 6.45) is 19.8. The van der Waals surface area contributed by atoms with Crippen LogP contribution in [0.4, 0.5) is 0 Å². The Labute approximate surface area is 259 Å². The summed E-state index contributed by atoms with van der Waals surface area (Å²) >= 11 is 0. The maximum atomic E-state index is 2.56. The smallest absolute Gasteiger partial charge is 0.00359 e. The molecule has 0 heterocycles. The van der Waals surface area contributed by atoms with Crippen molar-refractivity contribution in [1.82, 2.24) is 0 Å². The lowest BCUT2D eigenvalue weighted by Crippen LogP contribution is -2.21. The summed E-state index contributed by atoms with van der Waals surface area (Å²) < 4.78 is 0. The maximum absolute atomic E-state index is 2.56. The van der Waals surface area contributed by atoms with Gasteiger partial charge in [-0.3, -0.25) is 0 Å². The summed E-state index contributed by atoms with van der Waals surface area (Å²) in [6.45, 7) is 9.41. The second-order valence-electron chi connectivity index (χ2n) is 12.2. The normalized spacial score (nSPS) is 13.1. The Balaban J connectivity index is 1.78. The molecule has 0 atom stereocenters. The fourth-order valence-corrected chi connectivity index (χ4v) is 7.64. The van der Waals surface area contributed by atoms with Gasteiger partial charge in [0.05, 0.1) is 0 Å². The maximum Gasteiger partial charge on any atom is -0.00359 e. The van der Waals surface area contributed by atoms with E-state index in [4.69, 9.17) is 0 Å². The highest BCUT2D eigenvalue weighted by Gasteiger charge is 2.29. The van der Waals surface area contributed by atoms with Crippen molar-refractivity contribution in [3.05, 3.63) is 146 Å². The summed E-state index contributed by atoms with van der Waals surface area (Å²) in [4.78, 5) is 0. The van der Waals surface area contributed by atoms with Crippen LogP contribution in [0.3, 0.4) is 0 Å². The van der Waals surface area contributed by atoms with Gasteiger partial charge in [-0.1, -0.05) is 144 Å². The molecule has 4 aromatic carbocycles. The topological polar surface area (TPSA) is 0 Å². The van der Waals surface area contributed by atoms with Gasteiger partial charge in [0.25, 0.3) is 0 Å². The van der Waals surface area contributed by atoms with E-state index in [9.17, 15) is 0 Å². The van der Waals surface area contributed by atoms with Gasteiger partial charge in [-0.25, -0.2) is 0 Å². The van der Waals surface area contributed by atoms with E-state index >= 15 is 0 Å². The number of benzene rings is 4. The third kappa shape index (κ3) is 5.38. The van der Waals surface area contributed by atoms with E-state index in [1.807, 2.05) is 0 Å². The first kappa shape index (κ1) is 29.2. The van der Waals surface area contributed by atoms with Crippen molar-refractivity contribution in [2.24, 2.45) is 0 Å². The summed E-state index contributed by atoms with van der Waals surface area (Å²) in [5.74, 6) is 0. The highest BCUT2D eigenvalue weighted by atomic mass is 14.3. The van der Waals surface area contributed by atoms with Crippen LogP contribution in [0.2, 0.25) is 0 Å². The molecule has 0 saturated heterocycles. The number of rotatable bonds is 11. The first-order valence-corrected chi connectivity index (χ1v) is 16.8. The summed E-state index contributed by atoms with van der Waals surface area (Å²) in [5, 5.41) is 2.80. The van der Waals surface area contributed by atoms with Crippen LogP contribution >= 0.6 is 0 Å². The van der Waals surface area contributed by atoms with Gasteiger partial charge in [0.2, 0.25) is 0 Å². The Bertz CT molecular complexity index is 1750. The second kappa shape index (κ2) is 13.2. The number of allylic oxidation sites excluding steroid dienone is 4. The molecule has 0 radical (unpaired) electrons. The van der Waals surface area contributed by atoms with E-state index in [0.717, 1.165) is 38.5 Å². The zero-order valence-corrected chi connectivity index (χ0v) is 26.6. The molecule has 2 aliphatic rings. The van der Waals surface area contributed by atoms with Crippen molar-refractivity contribution < 1.29 is 0 Å². The van der Waals surface area contributed by atoms with Crippen molar-refractivity contribution in [1.29, 1.82) is 0 Å². The Hall–Kier alpha value is -3.90. The Morgan fingerprint density at radius 2 is 1.12 bits per heavy atom. The van der Waals surface area contributed by atoms with Gasteiger partial charge in [-0.2, -0.15) is 0 Å². The monoisotopic (exact) mass is 562 g/mol. The minimum atomic E-state index is 1.04. The number of hydrogen-bond acceptors (Lipinski definition) is 0. The van der Waals surface area contributed by atoms with Gasteiger partial charge in [0, 0.05) is 0 Å². The minimum Gasteiger partial charge on any atom is -0.0801 e. The van der Waals surface area contributed by atoms with Crippen molar-refractivity contribution >= 4 is 17.2 Å². The summed E-state index contributed by atoms with van der Waals surface area (Å²) in [6, 6.07) is 26.9. The average molecular weight is 563 g/mol. The van der Waals surface area contributed by atoms with E-state index < -0.39 is 0 Å². The highest BCUT2D eigenvalue weighted by Crippen LogP contribution is 2.44. The van der Waals surface area contributed by atoms with Crippen molar-refractivity contribution in [3.63, 3.8) is 0 Å².